The molecule has 1 aliphatic rings. The number of rotatable bonds is 6. The molecule has 0 aromatic heterocycles. The van der Waals surface area contributed by atoms with Crippen LogP contribution in [0.5, 0.6) is 11.5 Å². The summed E-state index contributed by atoms with van der Waals surface area (Å²) in [5.41, 5.74) is 1.40. The Labute approximate surface area is 164 Å². The molecular weight excluding hydrogens is 360 g/mol. The van der Waals surface area contributed by atoms with Crippen LogP contribution in [0.3, 0.4) is 0 Å². The van der Waals surface area contributed by atoms with Crippen molar-refractivity contribution in [3.05, 3.63) is 54.1 Å². The van der Waals surface area contributed by atoms with Gasteiger partial charge in [0.2, 0.25) is 5.91 Å². The highest BCUT2D eigenvalue weighted by molar-refractivity contribution is 5.98. The largest absolute Gasteiger partial charge is 0.497 e. The molecule has 28 heavy (non-hydrogen) atoms. The van der Waals surface area contributed by atoms with Gasteiger partial charge >= 0.3 is 6.09 Å². The highest BCUT2D eigenvalue weighted by Gasteiger charge is 2.35. The molecule has 0 aliphatic carbocycles. The van der Waals surface area contributed by atoms with Crippen LogP contribution in [-0.2, 0) is 16.1 Å². The third-order valence-corrected chi connectivity index (χ3v) is 4.66. The number of anilines is 1. The average molecular weight is 384 g/mol. The van der Waals surface area contributed by atoms with Crippen molar-refractivity contribution in [3.8, 4) is 11.5 Å². The van der Waals surface area contributed by atoms with Crippen molar-refractivity contribution in [2.45, 2.75) is 25.5 Å². The summed E-state index contributed by atoms with van der Waals surface area (Å²) in [5, 5.41) is 2.84. The van der Waals surface area contributed by atoms with Gasteiger partial charge in [-0.1, -0.05) is 30.3 Å². The smallest absolute Gasteiger partial charge is 0.410 e. The Bertz CT molecular complexity index is 825. The predicted octanol–water partition coefficient (Wildman–Crippen LogP) is 3.44. The molecule has 0 bridgehead atoms. The molecule has 1 aliphatic heterocycles. The molecule has 7 heteroatoms. The first-order chi connectivity index (χ1) is 13.6. The Kier molecular flexibility index (Phi) is 6.37. The zero-order valence-corrected chi connectivity index (χ0v) is 16.0. The Hall–Kier alpha value is -3.22. The fourth-order valence-electron chi connectivity index (χ4n) is 3.19. The number of hydrogen-bond acceptors (Lipinski definition) is 5. The molecule has 1 atom stereocenters. The highest BCUT2D eigenvalue weighted by Crippen LogP contribution is 2.30. The van der Waals surface area contributed by atoms with Crippen LogP contribution < -0.4 is 14.8 Å². The number of nitrogens with zero attached hydrogens (tertiary/aromatic N) is 1. The van der Waals surface area contributed by atoms with Crippen LogP contribution in [0, 0.1) is 0 Å². The Morgan fingerprint density at radius 3 is 2.61 bits per heavy atom. The summed E-state index contributed by atoms with van der Waals surface area (Å²) in [6.07, 6.45) is 0.839. The van der Waals surface area contributed by atoms with Crippen molar-refractivity contribution in [2.24, 2.45) is 0 Å². The normalized spacial score (nSPS) is 15.8. The van der Waals surface area contributed by atoms with Crippen LogP contribution in [0.2, 0.25) is 0 Å². The summed E-state index contributed by atoms with van der Waals surface area (Å²) in [6.45, 7) is 0.662. The first-order valence-electron chi connectivity index (χ1n) is 9.12. The number of amides is 2. The van der Waals surface area contributed by atoms with Gasteiger partial charge in [0.05, 0.1) is 19.9 Å². The number of ether oxygens (including phenoxy) is 3. The molecule has 1 fully saturated rings. The van der Waals surface area contributed by atoms with Crippen molar-refractivity contribution in [2.75, 3.05) is 26.1 Å². The van der Waals surface area contributed by atoms with E-state index in [1.807, 2.05) is 30.3 Å². The molecule has 7 nitrogen and oxygen atoms in total. The van der Waals surface area contributed by atoms with Crippen LogP contribution in [0.25, 0.3) is 0 Å². The predicted molar refractivity (Wildman–Crippen MR) is 105 cm³/mol. The van der Waals surface area contributed by atoms with E-state index in [0.29, 0.717) is 30.2 Å². The van der Waals surface area contributed by atoms with Gasteiger partial charge in [0.15, 0.2) is 0 Å². The third-order valence-electron chi connectivity index (χ3n) is 4.66. The Morgan fingerprint density at radius 1 is 1.11 bits per heavy atom. The summed E-state index contributed by atoms with van der Waals surface area (Å²) in [7, 11) is 3.08. The maximum absolute atomic E-state index is 12.8. The van der Waals surface area contributed by atoms with E-state index in [4.69, 9.17) is 14.2 Å². The standard InChI is InChI=1S/C21H24N2O5/c1-26-16-10-11-19(27-2)17(13-16)22-20(24)18-9-6-12-23(18)21(25)28-14-15-7-4-3-5-8-15/h3-5,7-8,10-11,13,18H,6,9,12,14H2,1-2H3,(H,22,24)/t18-/m0/s1. The number of likely N-dealkylation sites (tertiary alicyclic amines) is 1. The lowest BCUT2D eigenvalue weighted by atomic mass is 10.2. The molecule has 0 unspecified atom stereocenters. The highest BCUT2D eigenvalue weighted by atomic mass is 16.6. The van der Waals surface area contributed by atoms with Crippen molar-refractivity contribution in [1.29, 1.82) is 0 Å². The fourth-order valence-corrected chi connectivity index (χ4v) is 3.19. The second-order valence-electron chi connectivity index (χ2n) is 6.45. The molecule has 0 radical (unpaired) electrons. The SMILES string of the molecule is COc1ccc(OC)c(NC(=O)[C@@H]2CCCN2C(=O)OCc2ccccc2)c1. The molecule has 1 heterocycles. The van der Waals surface area contributed by atoms with Crippen molar-refractivity contribution < 1.29 is 23.8 Å². The van der Waals surface area contributed by atoms with Gasteiger partial charge in [0.25, 0.3) is 0 Å². The van der Waals surface area contributed by atoms with Gasteiger partial charge in [-0.25, -0.2) is 4.79 Å². The number of hydrogen-bond donors (Lipinski definition) is 1. The van der Waals surface area contributed by atoms with Crippen molar-refractivity contribution in [3.63, 3.8) is 0 Å². The second-order valence-corrected chi connectivity index (χ2v) is 6.45. The van der Waals surface area contributed by atoms with Crippen LogP contribution in [-0.4, -0.2) is 43.7 Å². The van der Waals surface area contributed by atoms with Crippen LogP contribution in [0.4, 0.5) is 10.5 Å². The Morgan fingerprint density at radius 2 is 1.89 bits per heavy atom. The zero-order valence-electron chi connectivity index (χ0n) is 16.0. The average Bonchev–Trinajstić information content (AvgIpc) is 3.23. The van der Waals surface area contributed by atoms with Gasteiger partial charge < -0.3 is 19.5 Å². The molecule has 2 amide bonds. The van der Waals surface area contributed by atoms with Crippen LogP contribution in [0.15, 0.2) is 48.5 Å². The number of carbonyl (C=O) groups is 2. The van der Waals surface area contributed by atoms with E-state index in [1.165, 1.54) is 12.0 Å². The molecule has 148 valence electrons. The minimum absolute atomic E-state index is 0.175. The Balaban J connectivity index is 1.65. The zero-order chi connectivity index (χ0) is 19.9. The number of methoxy groups -OCH3 is 2. The first kappa shape index (κ1) is 19.5. The molecule has 0 saturated carbocycles. The van der Waals surface area contributed by atoms with Crippen molar-refractivity contribution in [1.82, 2.24) is 4.90 Å². The van der Waals surface area contributed by atoms with Gasteiger partial charge in [-0.15, -0.1) is 0 Å². The maximum Gasteiger partial charge on any atom is 0.410 e. The summed E-state index contributed by atoms with van der Waals surface area (Å²) >= 11 is 0. The van der Waals surface area contributed by atoms with Gasteiger partial charge in [-0.05, 0) is 30.5 Å². The molecule has 3 rings (SSSR count). The second kappa shape index (κ2) is 9.12. The van der Waals surface area contributed by atoms with E-state index in [-0.39, 0.29) is 12.5 Å². The molecule has 2 aromatic rings. The number of benzene rings is 2. The van der Waals surface area contributed by atoms with Crippen LogP contribution in [0.1, 0.15) is 18.4 Å². The van der Waals surface area contributed by atoms with E-state index in [0.717, 1.165) is 12.0 Å². The lowest BCUT2D eigenvalue weighted by Gasteiger charge is -2.23. The number of carbonyl (C=O) groups excluding carboxylic acids is 2. The topological polar surface area (TPSA) is 77.1 Å². The summed E-state index contributed by atoms with van der Waals surface area (Å²) in [4.78, 5) is 26.8. The summed E-state index contributed by atoms with van der Waals surface area (Å²) in [5.74, 6) is 0.840. The minimum atomic E-state index is -0.584. The lowest BCUT2D eigenvalue weighted by Crippen LogP contribution is -2.43. The molecule has 1 N–H and O–H groups in total. The molecule has 0 spiro atoms. The van der Waals surface area contributed by atoms with Gasteiger partial charge in [0, 0.05) is 12.6 Å². The van der Waals surface area contributed by atoms with Gasteiger partial charge in [0.1, 0.15) is 24.1 Å². The first-order valence-corrected chi connectivity index (χ1v) is 9.12. The monoisotopic (exact) mass is 384 g/mol. The summed E-state index contributed by atoms with van der Waals surface area (Å²) < 4.78 is 15.9. The van der Waals surface area contributed by atoms with E-state index in [9.17, 15) is 9.59 Å². The van der Waals surface area contributed by atoms with E-state index in [2.05, 4.69) is 5.32 Å². The van der Waals surface area contributed by atoms with Gasteiger partial charge in [-0.3, -0.25) is 9.69 Å². The minimum Gasteiger partial charge on any atom is -0.497 e. The molecule has 1 saturated heterocycles. The maximum atomic E-state index is 12.8. The number of nitrogens with one attached hydrogen (secondary N) is 1. The lowest BCUT2D eigenvalue weighted by molar-refractivity contribution is -0.120. The summed E-state index contributed by atoms with van der Waals surface area (Å²) in [6, 6.07) is 14.0. The third kappa shape index (κ3) is 4.54. The molecule has 2 aromatic carbocycles. The van der Waals surface area contributed by atoms with Crippen molar-refractivity contribution >= 4 is 17.7 Å². The van der Waals surface area contributed by atoms with E-state index < -0.39 is 12.1 Å². The molecular formula is C21H24N2O5. The van der Waals surface area contributed by atoms with E-state index >= 15 is 0 Å². The van der Waals surface area contributed by atoms with Gasteiger partial charge in [-0.2, -0.15) is 0 Å². The van der Waals surface area contributed by atoms with Crippen LogP contribution >= 0.6 is 0 Å². The fraction of sp³-hybridized carbons (Fsp3) is 0.333. The van der Waals surface area contributed by atoms with E-state index in [1.54, 1.807) is 25.3 Å². The quantitative estimate of drug-likeness (QED) is 0.826.